The van der Waals surface area contributed by atoms with Crippen molar-refractivity contribution < 1.29 is 223 Å². The van der Waals surface area contributed by atoms with Gasteiger partial charge < -0.3 is 64.3 Å². The summed E-state index contributed by atoms with van der Waals surface area (Å²) in [6.45, 7) is 21.2. The van der Waals surface area contributed by atoms with Crippen molar-refractivity contribution in [3.63, 3.8) is 0 Å². The number of esters is 5. The van der Waals surface area contributed by atoms with Crippen LogP contribution < -0.4 is 20.9 Å². The van der Waals surface area contributed by atoms with Crippen LogP contribution in [0.3, 0.4) is 0 Å². The second-order valence-electron chi connectivity index (χ2n) is 31.1. The van der Waals surface area contributed by atoms with E-state index in [1.54, 1.807) is 41.5 Å². The van der Waals surface area contributed by atoms with Crippen LogP contribution in [-0.4, -0.2) is 160 Å². The minimum atomic E-state index is -6.19. The molecule has 0 bridgehead atoms. The summed E-state index contributed by atoms with van der Waals surface area (Å²) in [5.41, 5.74) is -36.5. The predicted octanol–water partition coefficient (Wildman–Crippen LogP) is 19.4. The number of halogens is 20. The van der Waals surface area contributed by atoms with Crippen LogP contribution in [0.1, 0.15) is 161 Å². The van der Waals surface area contributed by atoms with Crippen molar-refractivity contribution in [3.8, 4) is 28.7 Å². The number of rotatable bonds is 27. The summed E-state index contributed by atoms with van der Waals surface area (Å²) in [6, 6.07) is 25.1. The number of hydrogen-bond donors (Lipinski definition) is 2. The van der Waals surface area contributed by atoms with Gasteiger partial charge in [0.1, 0.15) is 29.1 Å². The molecule has 10 aromatic carbocycles. The summed E-state index contributed by atoms with van der Waals surface area (Å²) >= 11 is 0. The van der Waals surface area contributed by atoms with Gasteiger partial charge in [0.15, 0.2) is 53.2 Å². The molecular weight excluding hydrogens is 2080 g/mol. The molecule has 786 valence electrons. The Morgan fingerprint density at radius 3 is 0.671 bits per heavy atom. The fourth-order valence-corrected chi connectivity index (χ4v) is 15.3. The number of Topliss-reactive ketones (excluding diaryl/α,β-unsaturated/α-hetero) is 1. The highest BCUT2D eigenvalue weighted by Gasteiger charge is 2.55. The van der Waals surface area contributed by atoms with Gasteiger partial charge >= 0.3 is 108 Å². The van der Waals surface area contributed by atoms with Gasteiger partial charge in [-0.2, -0.15) is 108 Å². The Bertz CT molecular complexity index is 6790. The third-order valence-electron chi connectivity index (χ3n) is 19.0. The molecule has 55 heteroatoms. The highest BCUT2D eigenvalue weighted by Crippen LogP contribution is 2.50. The van der Waals surface area contributed by atoms with Crippen molar-refractivity contribution >= 4 is 140 Å². The van der Waals surface area contributed by atoms with E-state index in [2.05, 4.69) is 35.1 Å². The van der Waals surface area contributed by atoms with Gasteiger partial charge in [0.2, 0.25) is 0 Å². The fraction of sp³-hybridized carbons (Fsp3) is 0.364. The average Bonchev–Trinajstić information content (AvgIpc) is 0.761. The number of aliphatic hydroxyl groups excluding tert-OH is 2. The van der Waals surface area contributed by atoms with Crippen LogP contribution in [0.5, 0.6) is 28.7 Å². The van der Waals surface area contributed by atoms with E-state index in [9.17, 15) is 160 Å². The fourth-order valence-electron chi connectivity index (χ4n) is 12.9. The van der Waals surface area contributed by atoms with Crippen LogP contribution in [0, 0.1) is 63.7 Å². The van der Waals surface area contributed by atoms with Gasteiger partial charge in [-0.3, -0.25) is 4.79 Å². The quantitative estimate of drug-likeness (QED) is 0.00918. The van der Waals surface area contributed by atoms with Crippen LogP contribution in [0.2, 0.25) is 0 Å². The number of hydrogen-bond acceptors (Lipinski definition) is 30. The Labute approximate surface area is 800 Å². The van der Waals surface area contributed by atoms with Crippen LogP contribution >= 0.6 is 0 Å². The number of ether oxygens (including phenoxy) is 7. The number of carbonyl (C=O) groups excluding carboxylic acids is 6. The minimum Gasteiger partial charge on any atom is -0.464 e. The molecule has 0 aromatic heterocycles. The van der Waals surface area contributed by atoms with E-state index in [4.69, 9.17) is 18.9 Å². The van der Waals surface area contributed by atoms with Crippen molar-refractivity contribution in [2.45, 2.75) is 174 Å². The van der Waals surface area contributed by atoms with E-state index in [1.165, 1.54) is 146 Å². The summed E-state index contributed by atoms with van der Waals surface area (Å²) in [5.74, 6) is -17.2. The van der Waals surface area contributed by atoms with Crippen LogP contribution in [0.4, 0.5) is 87.8 Å². The van der Waals surface area contributed by atoms with E-state index >= 15 is 8.78 Å². The molecule has 0 fully saturated rings. The lowest BCUT2D eigenvalue weighted by molar-refractivity contribution is -0.167. The zero-order valence-electron chi connectivity index (χ0n) is 76.8. The predicted molar refractivity (Wildman–Crippen MR) is 466 cm³/mol. The summed E-state index contributed by atoms with van der Waals surface area (Å²) in [5, 5.41) is 17.5. The maximum Gasteiger partial charge on any atom is 0.534 e. The molecule has 0 saturated carbocycles. The monoisotopic (exact) mass is 2160 g/mol. The van der Waals surface area contributed by atoms with E-state index in [0.717, 1.165) is 45.0 Å². The first-order valence-corrected chi connectivity index (χ1v) is 47.7. The summed E-state index contributed by atoms with van der Waals surface area (Å²) < 4.78 is 440. The number of carbonyl (C=O) groups is 6. The van der Waals surface area contributed by atoms with Gasteiger partial charge in [-0.15, -0.1) is 0 Å². The molecule has 10 aromatic rings. The third-order valence-corrected chi connectivity index (χ3v) is 23.8. The Hall–Kier alpha value is -12.3. The second-order valence-corrected chi connectivity index (χ2v) is 38.8. The van der Waals surface area contributed by atoms with Gasteiger partial charge in [0.25, 0.3) is 5.78 Å². The van der Waals surface area contributed by atoms with E-state index in [1.807, 2.05) is 0 Å². The number of benzene rings is 10. The van der Waals surface area contributed by atoms with Crippen molar-refractivity contribution in [3.05, 3.63) is 206 Å². The van der Waals surface area contributed by atoms with Gasteiger partial charge in [-0.25, -0.2) is 45.9 Å². The zero-order valence-corrected chi connectivity index (χ0v) is 80.9. The summed E-state index contributed by atoms with van der Waals surface area (Å²) in [6.07, 6.45) is -8.03. The molecule has 0 saturated heterocycles. The number of aliphatic hydroxyl groups is 2. The molecular formula is C88H84F20O30S5. The average molecular weight is 2160 g/mol. The molecule has 4 atom stereocenters. The maximum absolute atomic E-state index is 15.1. The number of fused-ring (bicyclic) bond motifs is 5. The second kappa shape index (κ2) is 45.8. The van der Waals surface area contributed by atoms with E-state index in [0.29, 0.717) is 0 Å². The van der Waals surface area contributed by atoms with Gasteiger partial charge in [0.05, 0.1) is 49.8 Å². The first-order valence-electron chi connectivity index (χ1n) is 40.6. The molecule has 143 heavy (non-hydrogen) atoms. The lowest BCUT2D eigenvalue weighted by Crippen LogP contribution is -2.32. The Balaban J connectivity index is 0.000000274. The first kappa shape index (κ1) is 119. The molecule has 0 amide bonds. The standard InChI is InChI=1S/2C20H22F4O6S.2C16H14F4O6S.C16H12F4O6S/c2*1-6-28-18(25)17(29-19(3,4)5)14-11(2)15(21)12-9-7-8-10-13(12)16(14)30-31(26,27)20(22,23)24;3*1-3-25-15(22)13(21)11-8(2)12(17)9-6-4-5-7-10(9)14(11)26-27(23,24)16(18,19)20/h2*7-10,17H,6H2,1-5H3;2*4-7,13,21H,3H2,1-2H3;4-7H,3H2,1-2H3/t17-;;13-;;/m0.0../s1. The Morgan fingerprint density at radius 2 is 0.462 bits per heavy atom. The van der Waals surface area contributed by atoms with Crippen LogP contribution in [0.15, 0.2) is 121 Å². The van der Waals surface area contributed by atoms with Gasteiger partial charge in [0, 0.05) is 81.7 Å². The van der Waals surface area contributed by atoms with Crippen LogP contribution in [-0.2, 0) is 108 Å². The molecule has 10 rings (SSSR count). The zero-order chi connectivity index (χ0) is 109. The number of alkyl halides is 15. The van der Waals surface area contributed by atoms with Crippen molar-refractivity contribution in [2.75, 3.05) is 33.0 Å². The highest BCUT2D eigenvalue weighted by molar-refractivity contribution is 7.89. The number of ketones is 1. The molecule has 0 radical (unpaired) electrons. The SMILES string of the molecule is CCOC(=O)C(=O)c1c(C)c(F)c2ccccc2c1OS(=O)(=O)C(F)(F)F.CCOC(=O)C(O)c1c(C)c(F)c2ccccc2c1OS(=O)(=O)C(F)(F)F.CCOC(=O)C(OC(C)(C)C)c1c(C)c(F)c2ccccc2c1OS(=O)(=O)C(F)(F)F.CCOC(=O)[C@@H](O)c1c(C)c(F)c2ccccc2c1OS(=O)(=O)C(F)(F)F.CCOC(=O)[C@@H](OC(C)(C)C)c1c(C)c(F)c2ccccc2c1OS(=O)(=O)C(F)(F)F. The van der Waals surface area contributed by atoms with Gasteiger partial charge in [-0.1, -0.05) is 121 Å². The third kappa shape index (κ3) is 27.4. The minimum absolute atomic E-state index is 0.102. The molecule has 0 heterocycles. The van der Waals surface area contributed by atoms with Crippen molar-refractivity contribution in [1.29, 1.82) is 0 Å². The summed E-state index contributed by atoms with van der Waals surface area (Å²) in [4.78, 5) is 73.0. The molecule has 0 aliphatic heterocycles. The largest absolute Gasteiger partial charge is 0.534 e. The Morgan fingerprint density at radius 1 is 0.280 bits per heavy atom. The Kier molecular flexibility index (Phi) is 38.2. The summed E-state index contributed by atoms with van der Waals surface area (Å²) in [7, 11) is -30.8. The van der Waals surface area contributed by atoms with Crippen LogP contribution in [0.25, 0.3) is 53.9 Å². The lowest BCUT2D eigenvalue weighted by Gasteiger charge is -2.29. The maximum atomic E-state index is 15.1. The molecule has 0 aliphatic rings. The first-order chi connectivity index (χ1) is 65.5. The van der Waals surface area contributed by atoms with Gasteiger partial charge in [-0.05, 0) is 133 Å². The van der Waals surface area contributed by atoms with Crippen molar-refractivity contribution in [1.82, 2.24) is 0 Å². The normalized spacial score (nSPS) is 13.4. The van der Waals surface area contributed by atoms with E-state index < -0.39 is 257 Å². The molecule has 2 N–H and O–H groups in total. The van der Waals surface area contributed by atoms with Crippen molar-refractivity contribution in [2.24, 2.45) is 0 Å². The molecule has 0 aliphatic carbocycles. The smallest absolute Gasteiger partial charge is 0.464 e. The molecule has 0 spiro atoms. The topological polar surface area (TPSA) is 424 Å². The van der Waals surface area contributed by atoms with E-state index in [-0.39, 0.29) is 92.6 Å². The lowest BCUT2D eigenvalue weighted by atomic mass is 9.95. The molecule has 2 unspecified atom stereocenters. The highest BCUT2D eigenvalue weighted by atomic mass is 32.2. The molecule has 30 nitrogen and oxygen atoms in total.